The first-order valence-electron chi connectivity index (χ1n) is 7.16. The Kier molecular flexibility index (Phi) is 5.31. The van der Waals surface area contributed by atoms with Crippen molar-refractivity contribution in [3.63, 3.8) is 0 Å². The first-order valence-corrected chi connectivity index (χ1v) is 7.16. The first kappa shape index (κ1) is 14.7. The lowest BCUT2D eigenvalue weighted by Crippen LogP contribution is -2.38. The molecular weight excluding hydrogens is 254 g/mol. The lowest BCUT2D eigenvalue weighted by Gasteiger charge is -2.30. The number of piperidine rings is 1. The largest absolute Gasteiger partial charge is 0.350 e. The molecular formula is C14H23N5O. The number of likely N-dealkylation sites (tertiary alicyclic amines) is 1. The summed E-state index contributed by atoms with van der Waals surface area (Å²) in [5.41, 5.74) is 3.59. The van der Waals surface area contributed by atoms with Gasteiger partial charge in [0.25, 0.3) is 5.91 Å². The second-order valence-electron chi connectivity index (χ2n) is 5.16. The highest BCUT2D eigenvalue weighted by Crippen LogP contribution is 2.16. The van der Waals surface area contributed by atoms with E-state index >= 15 is 0 Å². The summed E-state index contributed by atoms with van der Waals surface area (Å²) in [6.07, 6.45) is 3.86. The Hall–Kier alpha value is -1.66. The molecule has 0 aliphatic carbocycles. The molecule has 0 unspecified atom stereocenters. The van der Waals surface area contributed by atoms with E-state index in [0.717, 1.165) is 39.0 Å². The zero-order valence-corrected chi connectivity index (χ0v) is 11.9. The Morgan fingerprint density at radius 1 is 1.50 bits per heavy atom. The van der Waals surface area contributed by atoms with Crippen LogP contribution in [0.3, 0.4) is 0 Å². The van der Waals surface area contributed by atoms with Crippen LogP contribution in [0.5, 0.6) is 0 Å². The van der Waals surface area contributed by atoms with Gasteiger partial charge in [-0.15, -0.1) is 0 Å². The standard InChI is InChI=1S/C14H23N5O/c1-2-19-7-4-11(5-8-19)10-17-14(20)13-9-12(18-15)3-6-16-13/h3,6,9,11H,2,4-5,7-8,10,15H2,1H3,(H,16,18)(H,17,20). The summed E-state index contributed by atoms with van der Waals surface area (Å²) >= 11 is 0. The Morgan fingerprint density at radius 3 is 2.90 bits per heavy atom. The van der Waals surface area contributed by atoms with Crippen molar-refractivity contribution in [2.45, 2.75) is 19.8 Å². The molecule has 0 spiro atoms. The maximum Gasteiger partial charge on any atom is 0.269 e. The third-order valence-corrected chi connectivity index (χ3v) is 3.86. The molecule has 2 heterocycles. The average Bonchev–Trinajstić information content (AvgIpc) is 2.53. The minimum atomic E-state index is -0.139. The molecule has 6 nitrogen and oxygen atoms in total. The SMILES string of the molecule is CCN1CCC(CNC(=O)c2cc(NN)ccn2)CC1. The van der Waals surface area contributed by atoms with Crippen LogP contribution >= 0.6 is 0 Å². The van der Waals surface area contributed by atoms with Crippen LogP contribution in [0.2, 0.25) is 0 Å². The number of nitrogens with one attached hydrogen (secondary N) is 2. The fourth-order valence-electron chi connectivity index (χ4n) is 2.48. The van der Waals surface area contributed by atoms with Crippen molar-refractivity contribution in [1.29, 1.82) is 0 Å². The van der Waals surface area contributed by atoms with E-state index < -0.39 is 0 Å². The zero-order valence-electron chi connectivity index (χ0n) is 11.9. The van der Waals surface area contributed by atoms with Crippen LogP contribution in [-0.2, 0) is 0 Å². The third kappa shape index (κ3) is 3.91. The summed E-state index contributed by atoms with van der Waals surface area (Å²) in [6.45, 7) is 6.27. The molecule has 1 saturated heterocycles. The zero-order chi connectivity index (χ0) is 14.4. The van der Waals surface area contributed by atoms with E-state index in [-0.39, 0.29) is 5.91 Å². The van der Waals surface area contributed by atoms with Gasteiger partial charge in [0.2, 0.25) is 0 Å². The topological polar surface area (TPSA) is 83.3 Å². The van der Waals surface area contributed by atoms with Crippen LogP contribution in [0, 0.1) is 5.92 Å². The van der Waals surface area contributed by atoms with Crippen LogP contribution in [0.25, 0.3) is 0 Å². The summed E-state index contributed by atoms with van der Waals surface area (Å²) in [7, 11) is 0. The fourth-order valence-corrected chi connectivity index (χ4v) is 2.48. The molecule has 2 rings (SSSR count). The second kappa shape index (κ2) is 7.21. The summed E-state index contributed by atoms with van der Waals surface area (Å²) in [6, 6.07) is 3.37. The van der Waals surface area contributed by atoms with Gasteiger partial charge in [0, 0.05) is 12.7 Å². The van der Waals surface area contributed by atoms with E-state index in [1.165, 1.54) is 0 Å². The molecule has 0 atom stereocenters. The van der Waals surface area contributed by atoms with E-state index in [0.29, 0.717) is 17.3 Å². The number of carbonyl (C=O) groups excluding carboxylic acids is 1. The number of carbonyl (C=O) groups is 1. The van der Waals surface area contributed by atoms with E-state index in [1.807, 2.05) is 0 Å². The number of nitrogen functional groups attached to an aromatic ring is 1. The fraction of sp³-hybridized carbons (Fsp3) is 0.571. The van der Waals surface area contributed by atoms with Gasteiger partial charge in [-0.1, -0.05) is 6.92 Å². The number of nitrogens with two attached hydrogens (primary N) is 1. The maximum absolute atomic E-state index is 12.0. The van der Waals surface area contributed by atoms with Crippen LogP contribution in [-0.4, -0.2) is 42.0 Å². The summed E-state index contributed by atoms with van der Waals surface area (Å²) in [4.78, 5) is 18.5. The smallest absolute Gasteiger partial charge is 0.269 e. The quantitative estimate of drug-likeness (QED) is 0.548. The third-order valence-electron chi connectivity index (χ3n) is 3.86. The highest BCUT2D eigenvalue weighted by atomic mass is 16.1. The van der Waals surface area contributed by atoms with E-state index in [9.17, 15) is 4.79 Å². The number of pyridine rings is 1. The molecule has 1 fully saturated rings. The molecule has 6 heteroatoms. The minimum Gasteiger partial charge on any atom is -0.350 e. The number of hydrogen-bond acceptors (Lipinski definition) is 5. The molecule has 0 radical (unpaired) electrons. The van der Waals surface area contributed by atoms with Gasteiger partial charge < -0.3 is 15.6 Å². The van der Waals surface area contributed by atoms with Crippen LogP contribution < -0.4 is 16.6 Å². The lowest BCUT2D eigenvalue weighted by molar-refractivity contribution is 0.0932. The number of anilines is 1. The molecule has 1 aliphatic rings. The van der Waals surface area contributed by atoms with Crippen LogP contribution in [0.15, 0.2) is 18.3 Å². The molecule has 0 bridgehead atoms. The predicted octanol–water partition coefficient (Wildman–Crippen LogP) is 0.829. The number of amides is 1. The highest BCUT2D eigenvalue weighted by molar-refractivity contribution is 5.93. The van der Waals surface area contributed by atoms with Gasteiger partial charge in [0.1, 0.15) is 5.69 Å². The second-order valence-corrected chi connectivity index (χ2v) is 5.16. The van der Waals surface area contributed by atoms with Gasteiger partial charge in [0.15, 0.2) is 0 Å². The molecule has 4 N–H and O–H groups in total. The van der Waals surface area contributed by atoms with Crippen molar-refractivity contribution >= 4 is 11.6 Å². The van der Waals surface area contributed by atoms with Gasteiger partial charge in [-0.05, 0) is 50.5 Å². The van der Waals surface area contributed by atoms with Crippen molar-refractivity contribution in [3.8, 4) is 0 Å². The maximum atomic E-state index is 12.0. The molecule has 1 aromatic rings. The van der Waals surface area contributed by atoms with Gasteiger partial charge in [-0.3, -0.25) is 15.6 Å². The van der Waals surface area contributed by atoms with Gasteiger partial charge in [-0.2, -0.15) is 0 Å². The number of aromatic nitrogens is 1. The molecule has 110 valence electrons. The summed E-state index contributed by atoms with van der Waals surface area (Å²) in [5.74, 6) is 5.75. The van der Waals surface area contributed by atoms with Crippen molar-refractivity contribution in [2.75, 3.05) is 31.6 Å². The van der Waals surface area contributed by atoms with E-state index in [1.54, 1.807) is 18.3 Å². The Morgan fingerprint density at radius 2 is 2.25 bits per heavy atom. The molecule has 0 aromatic carbocycles. The molecule has 0 saturated carbocycles. The van der Waals surface area contributed by atoms with Crippen molar-refractivity contribution in [1.82, 2.24) is 15.2 Å². The van der Waals surface area contributed by atoms with Crippen molar-refractivity contribution in [3.05, 3.63) is 24.0 Å². The molecule has 1 aliphatic heterocycles. The average molecular weight is 277 g/mol. The Bertz CT molecular complexity index is 443. The Balaban J connectivity index is 1.80. The molecule has 1 aromatic heterocycles. The number of rotatable bonds is 5. The van der Waals surface area contributed by atoms with Gasteiger partial charge in [0.05, 0.1) is 5.69 Å². The van der Waals surface area contributed by atoms with Crippen LogP contribution in [0.1, 0.15) is 30.3 Å². The Labute approximate surface area is 119 Å². The predicted molar refractivity (Wildman–Crippen MR) is 79.2 cm³/mol. The summed E-state index contributed by atoms with van der Waals surface area (Å²) < 4.78 is 0. The molecule has 1 amide bonds. The number of nitrogens with zero attached hydrogens (tertiary/aromatic N) is 2. The van der Waals surface area contributed by atoms with E-state index in [2.05, 4.69) is 27.6 Å². The highest BCUT2D eigenvalue weighted by Gasteiger charge is 2.19. The van der Waals surface area contributed by atoms with Gasteiger partial charge >= 0.3 is 0 Å². The number of hydrogen-bond donors (Lipinski definition) is 3. The number of hydrazine groups is 1. The first-order chi connectivity index (χ1) is 9.72. The van der Waals surface area contributed by atoms with Gasteiger partial charge in [-0.25, -0.2) is 0 Å². The monoisotopic (exact) mass is 277 g/mol. The van der Waals surface area contributed by atoms with Crippen molar-refractivity contribution < 1.29 is 4.79 Å². The van der Waals surface area contributed by atoms with Crippen LogP contribution in [0.4, 0.5) is 5.69 Å². The normalized spacial score (nSPS) is 16.9. The van der Waals surface area contributed by atoms with Crippen molar-refractivity contribution in [2.24, 2.45) is 11.8 Å². The minimum absolute atomic E-state index is 0.139. The lowest BCUT2D eigenvalue weighted by atomic mass is 9.97. The van der Waals surface area contributed by atoms with E-state index in [4.69, 9.17) is 5.84 Å². The summed E-state index contributed by atoms with van der Waals surface area (Å²) in [5, 5.41) is 2.96. The molecule has 20 heavy (non-hydrogen) atoms.